The molecule has 3 fully saturated rings. The van der Waals surface area contributed by atoms with Crippen molar-refractivity contribution < 1.29 is 9.59 Å². The Morgan fingerprint density at radius 1 is 1.17 bits per heavy atom. The fourth-order valence-corrected chi connectivity index (χ4v) is 6.00. The molecular weight excluding hydrogens is 398 g/mol. The maximum absolute atomic E-state index is 13.1. The molecule has 0 aromatic heterocycles. The summed E-state index contributed by atoms with van der Waals surface area (Å²) in [5.74, 6) is 0.202. The SMILES string of the molecule is CC12CCC(CC1C(=O)NCc1ccccc1Cl)[C@]1(C2)NC(=O)c2ccccc2N1. The monoisotopic (exact) mass is 423 g/mol. The van der Waals surface area contributed by atoms with E-state index in [9.17, 15) is 9.59 Å². The highest BCUT2D eigenvalue weighted by Gasteiger charge is 2.60. The van der Waals surface area contributed by atoms with Crippen LogP contribution in [0.3, 0.4) is 0 Å². The van der Waals surface area contributed by atoms with Crippen LogP contribution in [-0.2, 0) is 11.3 Å². The maximum atomic E-state index is 13.1. The van der Waals surface area contributed by atoms with E-state index < -0.39 is 5.66 Å². The van der Waals surface area contributed by atoms with Gasteiger partial charge in [-0.3, -0.25) is 9.59 Å². The minimum Gasteiger partial charge on any atom is -0.362 e. The van der Waals surface area contributed by atoms with Crippen LogP contribution < -0.4 is 16.0 Å². The number of rotatable bonds is 3. The summed E-state index contributed by atoms with van der Waals surface area (Å²) in [7, 11) is 0. The van der Waals surface area contributed by atoms with Crippen molar-refractivity contribution in [3.8, 4) is 0 Å². The zero-order valence-corrected chi connectivity index (χ0v) is 17.8. The molecule has 3 unspecified atom stereocenters. The van der Waals surface area contributed by atoms with Crippen molar-refractivity contribution >= 4 is 29.1 Å². The summed E-state index contributed by atoms with van der Waals surface area (Å²) in [6, 6.07) is 15.2. The number of benzene rings is 2. The highest BCUT2D eigenvalue weighted by molar-refractivity contribution is 6.31. The van der Waals surface area contributed by atoms with Crippen molar-refractivity contribution in [1.82, 2.24) is 10.6 Å². The van der Waals surface area contributed by atoms with Crippen molar-refractivity contribution in [2.75, 3.05) is 5.32 Å². The number of hydrogen-bond acceptors (Lipinski definition) is 3. The van der Waals surface area contributed by atoms with Crippen molar-refractivity contribution in [2.24, 2.45) is 17.3 Å². The zero-order chi connectivity index (χ0) is 20.9. The van der Waals surface area contributed by atoms with Crippen LogP contribution in [0, 0.1) is 17.3 Å². The summed E-state index contributed by atoms with van der Waals surface area (Å²) in [6.45, 7) is 2.63. The summed E-state index contributed by atoms with van der Waals surface area (Å²) >= 11 is 6.24. The summed E-state index contributed by atoms with van der Waals surface area (Å²) in [4.78, 5) is 26.0. The number of para-hydroxylation sites is 1. The number of hydrogen-bond donors (Lipinski definition) is 3. The lowest BCUT2D eigenvalue weighted by Crippen LogP contribution is -2.70. The van der Waals surface area contributed by atoms with Crippen LogP contribution in [-0.4, -0.2) is 17.5 Å². The van der Waals surface area contributed by atoms with Crippen LogP contribution in [0.5, 0.6) is 0 Å². The van der Waals surface area contributed by atoms with Gasteiger partial charge in [-0.05, 0) is 54.9 Å². The van der Waals surface area contributed by atoms with Crippen LogP contribution in [0.4, 0.5) is 5.69 Å². The van der Waals surface area contributed by atoms with E-state index in [1.807, 2.05) is 48.5 Å². The van der Waals surface area contributed by atoms with E-state index in [0.717, 1.165) is 36.9 Å². The fourth-order valence-electron chi connectivity index (χ4n) is 5.80. The number of carbonyl (C=O) groups is 2. The first-order valence-corrected chi connectivity index (χ1v) is 11.0. The maximum Gasteiger partial charge on any atom is 0.255 e. The molecule has 1 aliphatic heterocycles. The van der Waals surface area contributed by atoms with Crippen LogP contribution >= 0.6 is 11.6 Å². The zero-order valence-electron chi connectivity index (χ0n) is 17.0. The number of halogens is 1. The summed E-state index contributed by atoms with van der Waals surface area (Å²) in [6.07, 6.45) is 3.50. The summed E-state index contributed by atoms with van der Waals surface area (Å²) < 4.78 is 0. The van der Waals surface area contributed by atoms with Gasteiger partial charge in [0.2, 0.25) is 5.91 Å². The van der Waals surface area contributed by atoms with E-state index in [4.69, 9.17) is 11.6 Å². The second kappa shape index (κ2) is 7.02. The Hall–Kier alpha value is -2.53. The lowest BCUT2D eigenvalue weighted by atomic mass is 9.51. The summed E-state index contributed by atoms with van der Waals surface area (Å²) in [5.41, 5.74) is 1.85. The lowest BCUT2D eigenvalue weighted by molar-refractivity contribution is -0.139. The second-order valence-corrected chi connectivity index (χ2v) is 9.67. The molecule has 2 aromatic rings. The third-order valence-electron chi connectivity index (χ3n) is 7.40. The van der Waals surface area contributed by atoms with Gasteiger partial charge in [-0.1, -0.05) is 48.9 Å². The van der Waals surface area contributed by atoms with Crippen LogP contribution in [0.1, 0.15) is 48.5 Å². The third-order valence-corrected chi connectivity index (χ3v) is 7.77. The van der Waals surface area contributed by atoms with E-state index in [2.05, 4.69) is 22.9 Å². The van der Waals surface area contributed by atoms with E-state index >= 15 is 0 Å². The highest BCUT2D eigenvalue weighted by atomic mass is 35.5. The minimum atomic E-state index is -0.474. The lowest BCUT2D eigenvalue weighted by Gasteiger charge is -2.60. The average Bonchev–Trinajstić information content (AvgIpc) is 2.72. The number of carbonyl (C=O) groups excluding carboxylic acids is 2. The van der Waals surface area contributed by atoms with Gasteiger partial charge < -0.3 is 16.0 Å². The van der Waals surface area contributed by atoms with E-state index in [0.29, 0.717) is 17.1 Å². The Bertz CT molecular complexity index is 1030. The van der Waals surface area contributed by atoms with Gasteiger partial charge in [0.1, 0.15) is 5.66 Å². The number of anilines is 1. The second-order valence-electron chi connectivity index (χ2n) is 9.26. The van der Waals surface area contributed by atoms with Crippen LogP contribution in [0.2, 0.25) is 5.02 Å². The van der Waals surface area contributed by atoms with Gasteiger partial charge in [0.25, 0.3) is 5.91 Å². The van der Waals surface area contributed by atoms with Gasteiger partial charge in [0, 0.05) is 29.1 Å². The topological polar surface area (TPSA) is 70.2 Å². The first kappa shape index (κ1) is 19.4. The molecule has 1 spiro atoms. The van der Waals surface area contributed by atoms with Crippen molar-refractivity contribution in [2.45, 2.75) is 44.8 Å². The Kier molecular flexibility index (Phi) is 4.55. The number of nitrogens with one attached hydrogen (secondary N) is 3. The molecule has 5 nitrogen and oxygen atoms in total. The molecule has 0 saturated heterocycles. The molecule has 30 heavy (non-hydrogen) atoms. The largest absolute Gasteiger partial charge is 0.362 e. The van der Waals surface area contributed by atoms with Crippen molar-refractivity contribution in [1.29, 1.82) is 0 Å². The fraction of sp³-hybridized carbons (Fsp3) is 0.417. The first-order chi connectivity index (χ1) is 14.4. The molecule has 4 aliphatic rings. The molecule has 6 rings (SSSR count). The summed E-state index contributed by atoms with van der Waals surface area (Å²) in [5, 5.41) is 10.7. The van der Waals surface area contributed by atoms with Gasteiger partial charge in [-0.25, -0.2) is 0 Å². The normalized spacial score (nSPS) is 31.6. The smallest absolute Gasteiger partial charge is 0.255 e. The molecule has 1 heterocycles. The Morgan fingerprint density at radius 2 is 1.93 bits per heavy atom. The molecule has 3 N–H and O–H groups in total. The molecule has 6 heteroatoms. The molecule has 2 bridgehead atoms. The van der Waals surface area contributed by atoms with Crippen molar-refractivity contribution in [3.63, 3.8) is 0 Å². The molecule has 3 saturated carbocycles. The third kappa shape index (κ3) is 3.07. The van der Waals surface area contributed by atoms with Crippen LogP contribution in [0.15, 0.2) is 48.5 Å². The Balaban J connectivity index is 1.35. The van der Waals surface area contributed by atoms with Gasteiger partial charge in [0.05, 0.1) is 5.56 Å². The predicted octanol–water partition coefficient (Wildman–Crippen LogP) is 4.33. The molecule has 156 valence electrons. The van der Waals surface area contributed by atoms with E-state index in [1.165, 1.54) is 0 Å². The molecule has 0 radical (unpaired) electrons. The molecule has 3 aliphatic carbocycles. The van der Waals surface area contributed by atoms with Crippen LogP contribution in [0.25, 0.3) is 0 Å². The molecule has 2 aromatic carbocycles. The molecule has 4 atom stereocenters. The highest BCUT2D eigenvalue weighted by Crippen LogP contribution is 2.58. The predicted molar refractivity (Wildman–Crippen MR) is 117 cm³/mol. The molecule has 2 amide bonds. The number of fused-ring (bicyclic) bond motifs is 3. The average molecular weight is 424 g/mol. The van der Waals surface area contributed by atoms with Gasteiger partial charge in [-0.15, -0.1) is 0 Å². The quantitative estimate of drug-likeness (QED) is 0.688. The van der Waals surface area contributed by atoms with E-state index in [1.54, 1.807) is 0 Å². The number of amides is 2. The standard InChI is InChI=1S/C24H26ClN3O2/c1-23-11-10-16(12-18(23)22(30)26-13-15-6-2-4-8-19(15)25)24(14-23)27-20-9-5-3-7-17(20)21(29)28-24/h2-9,16,18,27H,10-14H2,1H3,(H,26,30)(H,28,29)/t16?,18?,23?,24-/m0/s1. The van der Waals surface area contributed by atoms with Gasteiger partial charge >= 0.3 is 0 Å². The Morgan fingerprint density at radius 3 is 2.73 bits per heavy atom. The van der Waals surface area contributed by atoms with Gasteiger partial charge in [0.15, 0.2) is 0 Å². The molecular formula is C24H26ClN3O2. The van der Waals surface area contributed by atoms with E-state index in [-0.39, 0.29) is 29.1 Å². The van der Waals surface area contributed by atoms with Gasteiger partial charge in [-0.2, -0.15) is 0 Å². The minimum absolute atomic E-state index is 0.0276. The first-order valence-electron chi connectivity index (χ1n) is 10.6. The van der Waals surface area contributed by atoms with Crippen molar-refractivity contribution in [3.05, 3.63) is 64.7 Å². The Labute approximate surface area is 181 Å².